The van der Waals surface area contributed by atoms with Gasteiger partial charge in [-0.2, -0.15) is 0 Å². The number of nitrogens with one attached hydrogen (secondary N) is 3. The predicted octanol–water partition coefficient (Wildman–Crippen LogP) is 2.92. The first-order chi connectivity index (χ1) is 14.9. The largest absolute Gasteiger partial charge is 0.482 e. The van der Waals surface area contributed by atoms with Gasteiger partial charge in [0, 0.05) is 12.6 Å². The maximum Gasteiger partial charge on any atom is 0.482 e. The summed E-state index contributed by atoms with van der Waals surface area (Å²) in [4.78, 5) is 12.8. The lowest BCUT2D eigenvalue weighted by atomic mass is 9.43. The van der Waals surface area contributed by atoms with E-state index in [2.05, 4.69) is 48.9 Å². The van der Waals surface area contributed by atoms with Gasteiger partial charge in [-0.25, -0.2) is 4.79 Å². The van der Waals surface area contributed by atoms with E-state index in [1.807, 2.05) is 18.2 Å². The van der Waals surface area contributed by atoms with Crippen LogP contribution in [0.2, 0.25) is 0 Å². The van der Waals surface area contributed by atoms with E-state index < -0.39 is 7.12 Å². The number of amides is 2. The number of urea groups is 1. The van der Waals surface area contributed by atoms with Gasteiger partial charge in [0.2, 0.25) is 0 Å². The fraction of sp³-hybridized carbons (Fsp3) is 0.708. The third-order valence-electron chi connectivity index (χ3n) is 8.58. The number of benzene rings is 1. The molecule has 6 nitrogen and oxygen atoms in total. The van der Waals surface area contributed by atoms with Crippen molar-refractivity contribution in [2.45, 2.75) is 76.6 Å². The molecule has 0 spiro atoms. The number of carbonyl (C=O) groups excluding carboxylic acids is 1. The van der Waals surface area contributed by atoms with Crippen molar-refractivity contribution in [2.75, 3.05) is 13.1 Å². The van der Waals surface area contributed by atoms with Gasteiger partial charge in [0.1, 0.15) is 0 Å². The Kier molecular flexibility index (Phi) is 5.56. The van der Waals surface area contributed by atoms with Gasteiger partial charge in [0.15, 0.2) is 0 Å². The first-order valence-electron chi connectivity index (χ1n) is 12.0. The van der Waals surface area contributed by atoms with Crippen molar-refractivity contribution in [3.05, 3.63) is 35.9 Å². The summed E-state index contributed by atoms with van der Waals surface area (Å²) in [6, 6.07) is 10.5. The first kappa shape index (κ1) is 21.3. The second kappa shape index (κ2) is 8.09. The average molecular weight is 425 g/mol. The molecule has 31 heavy (non-hydrogen) atoms. The Morgan fingerprint density at radius 1 is 1.26 bits per heavy atom. The Morgan fingerprint density at radius 3 is 2.77 bits per heavy atom. The molecule has 1 aromatic rings. The summed E-state index contributed by atoms with van der Waals surface area (Å²) in [6.07, 6.45) is 5.35. The predicted molar refractivity (Wildman–Crippen MR) is 122 cm³/mol. The van der Waals surface area contributed by atoms with E-state index >= 15 is 0 Å². The van der Waals surface area contributed by atoms with Gasteiger partial charge in [0.05, 0.1) is 17.6 Å². The molecule has 2 amide bonds. The van der Waals surface area contributed by atoms with Crippen LogP contribution < -0.4 is 16.0 Å². The van der Waals surface area contributed by atoms with Crippen LogP contribution in [-0.4, -0.2) is 49.9 Å². The molecular formula is C24H36BN3O3. The molecular weight excluding hydrogens is 389 g/mol. The minimum atomic E-state index is -0.430. The molecule has 2 saturated heterocycles. The normalized spacial score (nSPS) is 36.4. The number of hydrogen-bond acceptors (Lipinski definition) is 4. The van der Waals surface area contributed by atoms with Crippen LogP contribution >= 0.6 is 0 Å². The van der Waals surface area contributed by atoms with Crippen LogP contribution in [0, 0.1) is 17.3 Å². The molecule has 0 radical (unpaired) electrons. The fourth-order valence-electron chi connectivity index (χ4n) is 6.52. The molecule has 168 valence electrons. The molecule has 0 aromatic heterocycles. The lowest BCUT2D eigenvalue weighted by molar-refractivity contribution is -0.199. The minimum Gasteiger partial charge on any atom is -0.404 e. The van der Waals surface area contributed by atoms with Gasteiger partial charge >= 0.3 is 13.1 Å². The molecule has 1 aromatic carbocycles. The third kappa shape index (κ3) is 3.89. The fourth-order valence-corrected chi connectivity index (χ4v) is 6.52. The third-order valence-corrected chi connectivity index (χ3v) is 8.58. The van der Waals surface area contributed by atoms with Crippen LogP contribution in [0.25, 0.3) is 0 Å². The van der Waals surface area contributed by atoms with Crippen molar-refractivity contribution in [3.63, 3.8) is 0 Å². The molecule has 7 heteroatoms. The number of hydrogen-bond donors (Lipinski definition) is 3. The average Bonchev–Trinajstić information content (AvgIpc) is 3.39. The molecule has 2 bridgehead atoms. The Labute approximate surface area is 186 Å². The highest BCUT2D eigenvalue weighted by Crippen LogP contribution is 2.65. The van der Waals surface area contributed by atoms with Crippen LogP contribution in [0.1, 0.15) is 52.0 Å². The van der Waals surface area contributed by atoms with E-state index in [9.17, 15) is 4.79 Å². The lowest BCUT2D eigenvalue weighted by Gasteiger charge is -2.64. The summed E-state index contributed by atoms with van der Waals surface area (Å²) >= 11 is 0. The number of rotatable bonds is 6. The highest BCUT2D eigenvalue weighted by atomic mass is 16.7. The highest BCUT2D eigenvalue weighted by molar-refractivity contribution is 6.48. The molecule has 6 atom stereocenters. The summed E-state index contributed by atoms with van der Waals surface area (Å²) in [5, 5.41) is 9.65. The summed E-state index contributed by atoms with van der Waals surface area (Å²) in [6.45, 7) is 8.65. The van der Waals surface area contributed by atoms with Crippen molar-refractivity contribution < 1.29 is 14.1 Å². The Balaban J connectivity index is 1.28. The van der Waals surface area contributed by atoms with Crippen LogP contribution in [-0.2, 0) is 15.7 Å². The maximum atomic E-state index is 12.8. The molecule has 5 fully saturated rings. The van der Waals surface area contributed by atoms with Gasteiger partial charge in [-0.1, -0.05) is 44.2 Å². The van der Waals surface area contributed by atoms with E-state index in [1.54, 1.807) is 0 Å². The molecule has 2 heterocycles. The van der Waals surface area contributed by atoms with E-state index in [0.29, 0.717) is 36.3 Å². The van der Waals surface area contributed by atoms with E-state index in [0.717, 1.165) is 19.4 Å². The van der Waals surface area contributed by atoms with E-state index in [4.69, 9.17) is 9.31 Å². The van der Waals surface area contributed by atoms with Crippen LogP contribution in [0.3, 0.4) is 0 Å². The Bertz CT molecular complexity index is 801. The second-order valence-electron chi connectivity index (χ2n) is 10.8. The van der Waals surface area contributed by atoms with Crippen molar-refractivity contribution in [1.29, 1.82) is 0 Å². The van der Waals surface area contributed by atoms with Crippen molar-refractivity contribution in [3.8, 4) is 0 Å². The van der Waals surface area contributed by atoms with E-state index in [-0.39, 0.29) is 23.7 Å². The zero-order valence-electron chi connectivity index (χ0n) is 19.0. The summed E-state index contributed by atoms with van der Waals surface area (Å²) in [5.74, 6) is 0.982. The van der Waals surface area contributed by atoms with Gasteiger partial charge in [-0.05, 0) is 68.4 Å². The van der Waals surface area contributed by atoms with Crippen molar-refractivity contribution in [2.24, 2.45) is 17.3 Å². The molecule has 5 aliphatic rings. The van der Waals surface area contributed by atoms with Gasteiger partial charge in [-0.15, -0.1) is 0 Å². The Morgan fingerprint density at radius 2 is 2.06 bits per heavy atom. The van der Waals surface area contributed by atoms with Gasteiger partial charge in [-0.3, -0.25) is 0 Å². The van der Waals surface area contributed by atoms with Crippen molar-refractivity contribution >= 4 is 13.1 Å². The zero-order valence-corrected chi connectivity index (χ0v) is 19.0. The SMILES string of the molecule is CC1(C)C2CC1[C@]1(C)OB([C@H](Cc3ccccc3)NC(=O)NC[C@H]3CCCN3)O[C@@H]1C2. The summed E-state index contributed by atoms with van der Waals surface area (Å²) in [7, 11) is -0.430. The first-order valence-corrected chi connectivity index (χ1v) is 12.0. The van der Waals surface area contributed by atoms with Crippen LogP contribution in [0.5, 0.6) is 0 Å². The summed E-state index contributed by atoms with van der Waals surface area (Å²) in [5.41, 5.74) is 1.20. The topological polar surface area (TPSA) is 71.6 Å². The van der Waals surface area contributed by atoms with Crippen LogP contribution in [0.4, 0.5) is 4.79 Å². The highest BCUT2D eigenvalue weighted by Gasteiger charge is 2.68. The Hall–Kier alpha value is -1.57. The van der Waals surface area contributed by atoms with Crippen molar-refractivity contribution in [1.82, 2.24) is 16.0 Å². The lowest BCUT2D eigenvalue weighted by Crippen LogP contribution is -2.65. The van der Waals surface area contributed by atoms with Gasteiger partial charge < -0.3 is 25.3 Å². The molecule has 3 saturated carbocycles. The zero-order chi connectivity index (χ0) is 21.6. The quantitative estimate of drug-likeness (QED) is 0.613. The second-order valence-corrected chi connectivity index (χ2v) is 10.8. The molecule has 3 N–H and O–H groups in total. The monoisotopic (exact) mass is 425 g/mol. The smallest absolute Gasteiger partial charge is 0.404 e. The molecule has 6 rings (SSSR count). The molecule has 2 unspecified atom stereocenters. The standard InChI is InChI=1S/C24H36BN3O3/c1-23(2)17-13-19(23)24(3)20(14-17)30-25(31-24)21(12-16-8-5-4-6-9-16)28-22(29)27-15-18-10-7-11-26-18/h4-6,8-9,17-21,26H,7,10-15H2,1-3H3,(H2,27,28,29)/t17?,18-,19?,20-,21+,24+/m1/s1. The summed E-state index contributed by atoms with van der Waals surface area (Å²) < 4.78 is 13.2. The minimum absolute atomic E-state index is 0.111. The van der Waals surface area contributed by atoms with Gasteiger partial charge in [0.25, 0.3) is 0 Å². The van der Waals surface area contributed by atoms with Crippen LogP contribution in [0.15, 0.2) is 30.3 Å². The molecule has 2 aliphatic heterocycles. The van der Waals surface area contributed by atoms with E-state index in [1.165, 1.54) is 18.4 Å². The maximum absolute atomic E-state index is 12.8. The molecule has 3 aliphatic carbocycles. The number of carbonyl (C=O) groups is 1.